The standard InChI is InChI=1S/C15H12ClN3OS/c16-10-6-4-9(5-7-10)13-18-12-14(21-13)17-11-3-1-2-8-19(11)15(12)20/h4-7H,1-3,8H2. The van der Waals surface area contributed by atoms with Gasteiger partial charge in [-0.25, -0.2) is 9.97 Å². The predicted octanol–water partition coefficient (Wildman–Crippen LogP) is 3.51. The van der Waals surface area contributed by atoms with Crippen LogP contribution in [0.15, 0.2) is 29.1 Å². The Morgan fingerprint density at radius 1 is 1.14 bits per heavy atom. The Hall–Kier alpha value is -1.72. The van der Waals surface area contributed by atoms with E-state index in [1.807, 2.05) is 24.3 Å². The van der Waals surface area contributed by atoms with Crippen LogP contribution < -0.4 is 5.56 Å². The zero-order valence-corrected chi connectivity index (χ0v) is 12.7. The summed E-state index contributed by atoms with van der Waals surface area (Å²) in [5, 5.41) is 1.50. The average Bonchev–Trinajstić information content (AvgIpc) is 2.92. The van der Waals surface area contributed by atoms with Crippen molar-refractivity contribution >= 4 is 33.3 Å². The van der Waals surface area contributed by atoms with E-state index in [0.29, 0.717) is 10.5 Å². The first kappa shape index (κ1) is 13.0. The van der Waals surface area contributed by atoms with E-state index in [-0.39, 0.29) is 5.56 Å². The fourth-order valence-electron chi connectivity index (χ4n) is 2.64. The van der Waals surface area contributed by atoms with Crippen LogP contribution in [-0.4, -0.2) is 14.5 Å². The molecule has 2 aromatic heterocycles. The quantitative estimate of drug-likeness (QED) is 0.690. The van der Waals surface area contributed by atoms with Crippen LogP contribution in [0.5, 0.6) is 0 Å². The van der Waals surface area contributed by atoms with Crippen molar-refractivity contribution in [2.45, 2.75) is 25.8 Å². The third-order valence-corrected chi connectivity index (χ3v) is 4.97. The molecule has 1 aromatic carbocycles. The molecule has 0 atom stereocenters. The topological polar surface area (TPSA) is 47.8 Å². The van der Waals surface area contributed by atoms with Crippen LogP contribution in [0.1, 0.15) is 18.7 Å². The molecule has 0 amide bonds. The zero-order chi connectivity index (χ0) is 14.4. The van der Waals surface area contributed by atoms with Crippen molar-refractivity contribution in [3.8, 4) is 10.6 Å². The van der Waals surface area contributed by atoms with Crippen molar-refractivity contribution in [2.24, 2.45) is 0 Å². The second-order valence-corrected chi connectivity index (χ2v) is 6.54. The molecule has 4 rings (SSSR count). The molecule has 106 valence electrons. The Morgan fingerprint density at radius 3 is 2.76 bits per heavy atom. The Labute approximate surface area is 130 Å². The molecule has 0 bridgehead atoms. The van der Waals surface area contributed by atoms with Gasteiger partial charge in [0.05, 0.1) is 0 Å². The molecule has 0 saturated carbocycles. The lowest BCUT2D eigenvalue weighted by molar-refractivity contribution is 0.501. The number of rotatable bonds is 1. The number of aryl methyl sites for hydroxylation is 1. The number of thiazole rings is 1. The van der Waals surface area contributed by atoms with Gasteiger partial charge in [0.2, 0.25) is 0 Å². The summed E-state index contributed by atoms with van der Waals surface area (Å²) >= 11 is 7.37. The van der Waals surface area contributed by atoms with Crippen molar-refractivity contribution in [2.75, 3.05) is 0 Å². The van der Waals surface area contributed by atoms with Crippen LogP contribution in [0.4, 0.5) is 0 Å². The summed E-state index contributed by atoms with van der Waals surface area (Å²) in [6.07, 6.45) is 3.01. The number of benzene rings is 1. The molecule has 1 aliphatic heterocycles. The van der Waals surface area contributed by atoms with Crippen LogP contribution in [0.3, 0.4) is 0 Å². The van der Waals surface area contributed by atoms with Gasteiger partial charge in [-0.05, 0) is 25.0 Å². The van der Waals surface area contributed by atoms with E-state index >= 15 is 0 Å². The molecule has 0 N–H and O–H groups in total. The van der Waals surface area contributed by atoms with E-state index in [1.165, 1.54) is 11.3 Å². The third kappa shape index (κ3) is 2.17. The van der Waals surface area contributed by atoms with Crippen LogP contribution in [0.2, 0.25) is 5.02 Å². The maximum Gasteiger partial charge on any atom is 0.280 e. The highest BCUT2D eigenvalue weighted by Gasteiger charge is 2.18. The minimum atomic E-state index is -0.00818. The summed E-state index contributed by atoms with van der Waals surface area (Å²) in [4.78, 5) is 22.4. The van der Waals surface area contributed by atoms with Crippen LogP contribution in [-0.2, 0) is 13.0 Å². The van der Waals surface area contributed by atoms with Crippen molar-refractivity contribution in [1.29, 1.82) is 0 Å². The fraction of sp³-hybridized carbons (Fsp3) is 0.267. The average molecular weight is 318 g/mol. The van der Waals surface area contributed by atoms with Crippen molar-refractivity contribution in [1.82, 2.24) is 14.5 Å². The number of nitrogens with zero attached hydrogens (tertiary/aromatic N) is 3. The van der Waals surface area contributed by atoms with Gasteiger partial charge in [0, 0.05) is 23.6 Å². The predicted molar refractivity (Wildman–Crippen MR) is 85.1 cm³/mol. The van der Waals surface area contributed by atoms with Crippen LogP contribution in [0, 0.1) is 0 Å². The van der Waals surface area contributed by atoms with E-state index in [0.717, 1.165) is 47.0 Å². The summed E-state index contributed by atoms with van der Waals surface area (Å²) < 4.78 is 1.77. The molecular weight excluding hydrogens is 306 g/mol. The number of hydrogen-bond donors (Lipinski definition) is 0. The number of hydrogen-bond acceptors (Lipinski definition) is 4. The third-order valence-electron chi connectivity index (χ3n) is 3.72. The van der Waals surface area contributed by atoms with Gasteiger partial charge in [0.15, 0.2) is 10.3 Å². The highest BCUT2D eigenvalue weighted by Crippen LogP contribution is 2.29. The SMILES string of the molecule is O=c1c2nc(-c3ccc(Cl)cc3)sc2nc2n1CCCC2. The monoisotopic (exact) mass is 317 g/mol. The Balaban J connectivity index is 1.92. The molecule has 21 heavy (non-hydrogen) atoms. The molecule has 3 aromatic rings. The zero-order valence-electron chi connectivity index (χ0n) is 11.2. The van der Waals surface area contributed by atoms with Crippen LogP contribution in [0.25, 0.3) is 20.9 Å². The van der Waals surface area contributed by atoms with E-state index in [9.17, 15) is 4.79 Å². The first-order valence-corrected chi connectivity index (χ1v) is 8.08. The lowest BCUT2D eigenvalue weighted by Gasteiger charge is -2.16. The fourth-order valence-corrected chi connectivity index (χ4v) is 3.72. The largest absolute Gasteiger partial charge is 0.295 e. The first-order chi connectivity index (χ1) is 10.2. The minimum absolute atomic E-state index is 0.00818. The van der Waals surface area contributed by atoms with Crippen molar-refractivity contribution < 1.29 is 0 Å². The lowest BCUT2D eigenvalue weighted by Crippen LogP contribution is -2.28. The molecule has 0 radical (unpaired) electrons. The summed E-state index contributed by atoms with van der Waals surface area (Å²) in [7, 11) is 0. The highest BCUT2D eigenvalue weighted by atomic mass is 35.5. The molecule has 0 aliphatic carbocycles. The smallest absolute Gasteiger partial charge is 0.280 e. The van der Waals surface area contributed by atoms with Crippen LogP contribution >= 0.6 is 22.9 Å². The number of fused-ring (bicyclic) bond motifs is 2. The van der Waals surface area contributed by atoms with Crippen molar-refractivity contribution in [3.63, 3.8) is 0 Å². The second kappa shape index (κ2) is 4.93. The molecule has 0 fully saturated rings. The molecule has 0 spiro atoms. The molecule has 6 heteroatoms. The van der Waals surface area contributed by atoms with E-state index in [4.69, 9.17) is 11.6 Å². The normalized spacial score (nSPS) is 14.3. The second-order valence-electron chi connectivity index (χ2n) is 5.12. The van der Waals surface area contributed by atoms with Gasteiger partial charge in [-0.3, -0.25) is 9.36 Å². The van der Waals surface area contributed by atoms with E-state index in [2.05, 4.69) is 9.97 Å². The molecule has 3 heterocycles. The summed E-state index contributed by atoms with van der Waals surface area (Å²) in [5.41, 5.74) is 1.44. The Kier molecular flexibility index (Phi) is 3.05. The van der Waals surface area contributed by atoms with Gasteiger partial charge >= 0.3 is 0 Å². The summed E-state index contributed by atoms with van der Waals surface area (Å²) in [5.74, 6) is 0.894. The maximum absolute atomic E-state index is 12.5. The van der Waals surface area contributed by atoms with Gasteiger partial charge in [-0.2, -0.15) is 0 Å². The maximum atomic E-state index is 12.5. The molecule has 4 nitrogen and oxygen atoms in total. The molecule has 1 aliphatic rings. The van der Waals surface area contributed by atoms with Gasteiger partial charge < -0.3 is 0 Å². The van der Waals surface area contributed by atoms with E-state index in [1.54, 1.807) is 4.57 Å². The summed E-state index contributed by atoms with van der Waals surface area (Å²) in [6, 6.07) is 7.48. The molecular formula is C15H12ClN3OS. The highest BCUT2D eigenvalue weighted by molar-refractivity contribution is 7.21. The number of aromatic nitrogens is 3. The van der Waals surface area contributed by atoms with Gasteiger partial charge in [-0.15, -0.1) is 0 Å². The van der Waals surface area contributed by atoms with Gasteiger partial charge in [0.1, 0.15) is 10.8 Å². The van der Waals surface area contributed by atoms with E-state index < -0.39 is 0 Å². The van der Waals surface area contributed by atoms with Crippen molar-refractivity contribution in [3.05, 3.63) is 45.5 Å². The first-order valence-electron chi connectivity index (χ1n) is 6.88. The summed E-state index contributed by atoms with van der Waals surface area (Å²) in [6.45, 7) is 0.755. The lowest BCUT2D eigenvalue weighted by atomic mass is 10.1. The minimum Gasteiger partial charge on any atom is -0.295 e. The number of halogens is 1. The molecule has 0 unspecified atom stereocenters. The van der Waals surface area contributed by atoms with Gasteiger partial charge in [-0.1, -0.05) is 35.1 Å². The Bertz CT molecular complexity index is 882. The Morgan fingerprint density at radius 2 is 1.95 bits per heavy atom. The van der Waals surface area contributed by atoms with Gasteiger partial charge in [0.25, 0.3) is 5.56 Å². The molecule has 0 saturated heterocycles.